The number of halogens is 1. The summed E-state index contributed by atoms with van der Waals surface area (Å²) in [6.07, 6.45) is 1.52. The van der Waals surface area contributed by atoms with Gasteiger partial charge < -0.3 is 10.2 Å². The van der Waals surface area contributed by atoms with Crippen molar-refractivity contribution in [3.63, 3.8) is 0 Å². The Labute approximate surface area is 78.1 Å². The van der Waals surface area contributed by atoms with Crippen LogP contribution in [-0.4, -0.2) is 42.9 Å². The third-order valence-electron chi connectivity index (χ3n) is 2.00. The summed E-state index contributed by atoms with van der Waals surface area (Å²) in [4.78, 5) is 13.3. The lowest BCUT2D eigenvalue weighted by Crippen LogP contribution is -2.34. The molecule has 0 saturated carbocycles. The van der Waals surface area contributed by atoms with Crippen LogP contribution in [0.2, 0.25) is 0 Å². The van der Waals surface area contributed by atoms with Crippen molar-refractivity contribution >= 4 is 17.5 Å². The van der Waals surface area contributed by atoms with Gasteiger partial charge in [-0.1, -0.05) is 0 Å². The van der Waals surface area contributed by atoms with Crippen molar-refractivity contribution < 1.29 is 4.79 Å². The van der Waals surface area contributed by atoms with Crippen LogP contribution < -0.4 is 5.32 Å². The fraction of sp³-hybridized carbons (Fsp3) is 0.875. The van der Waals surface area contributed by atoms with Crippen LogP contribution in [0.25, 0.3) is 0 Å². The maximum atomic E-state index is 11.4. The van der Waals surface area contributed by atoms with E-state index in [9.17, 15) is 4.79 Å². The molecule has 70 valence electrons. The fourth-order valence-corrected chi connectivity index (χ4v) is 1.50. The molecule has 1 amide bonds. The van der Waals surface area contributed by atoms with Crippen molar-refractivity contribution in [1.82, 2.24) is 10.2 Å². The maximum Gasteiger partial charge on any atom is 0.223 e. The second kappa shape index (κ2) is 5.38. The van der Waals surface area contributed by atoms with Gasteiger partial charge >= 0.3 is 0 Å². The molecule has 1 saturated heterocycles. The summed E-state index contributed by atoms with van der Waals surface area (Å²) in [5.41, 5.74) is 0. The Morgan fingerprint density at radius 2 is 2.25 bits per heavy atom. The third kappa shape index (κ3) is 2.99. The van der Waals surface area contributed by atoms with Crippen LogP contribution in [0.5, 0.6) is 0 Å². The Balaban J connectivity index is 2.32. The SMILES string of the molecule is O=C(CCCl)N1CCCNCC1. The van der Waals surface area contributed by atoms with E-state index in [0.717, 1.165) is 32.6 Å². The molecule has 0 unspecified atom stereocenters. The quantitative estimate of drug-likeness (QED) is 0.641. The van der Waals surface area contributed by atoms with Gasteiger partial charge in [0.15, 0.2) is 0 Å². The molecule has 0 aromatic heterocycles. The summed E-state index contributed by atoms with van der Waals surface area (Å²) in [6, 6.07) is 0. The zero-order valence-corrected chi connectivity index (χ0v) is 7.94. The standard InChI is InChI=1S/C8H15ClN2O/c9-3-2-8(12)11-6-1-4-10-5-7-11/h10H,1-7H2. The molecule has 0 bridgehead atoms. The van der Waals surface area contributed by atoms with Crippen molar-refractivity contribution in [1.29, 1.82) is 0 Å². The first-order valence-corrected chi connectivity index (χ1v) is 4.92. The summed E-state index contributed by atoms with van der Waals surface area (Å²) >= 11 is 5.49. The Hall–Kier alpha value is -0.280. The highest BCUT2D eigenvalue weighted by Crippen LogP contribution is 1.99. The number of alkyl halides is 1. The molecule has 0 radical (unpaired) electrons. The largest absolute Gasteiger partial charge is 0.341 e. The first kappa shape index (κ1) is 9.81. The van der Waals surface area contributed by atoms with Crippen LogP contribution in [0.3, 0.4) is 0 Å². The molecule has 1 aliphatic heterocycles. The Kier molecular flexibility index (Phi) is 4.40. The second-order valence-electron chi connectivity index (χ2n) is 2.92. The zero-order valence-electron chi connectivity index (χ0n) is 7.18. The predicted octanol–water partition coefficient (Wildman–Crippen LogP) is 0.437. The first-order valence-electron chi connectivity index (χ1n) is 4.39. The van der Waals surface area contributed by atoms with E-state index in [2.05, 4.69) is 5.32 Å². The molecule has 0 aromatic carbocycles. The minimum atomic E-state index is 0.189. The molecule has 1 heterocycles. The molecule has 1 fully saturated rings. The molecule has 1 N–H and O–H groups in total. The molecule has 0 aromatic rings. The van der Waals surface area contributed by atoms with E-state index in [4.69, 9.17) is 11.6 Å². The zero-order chi connectivity index (χ0) is 8.81. The molecule has 1 aliphatic rings. The highest BCUT2D eigenvalue weighted by Gasteiger charge is 2.13. The van der Waals surface area contributed by atoms with Crippen LogP contribution in [0, 0.1) is 0 Å². The summed E-state index contributed by atoms with van der Waals surface area (Å²) in [7, 11) is 0. The van der Waals surface area contributed by atoms with Gasteiger partial charge in [-0.05, 0) is 13.0 Å². The van der Waals surface area contributed by atoms with Gasteiger partial charge in [-0.15, -0.1) is 11.6 Å². The summed E-state index contributed by atoms with van der Waals surface area (Å²) in [5, 5.41) is 3.25. The number of hydrogen-bond acceptors (Lipinski definition) is 2. The highest BCUT2D eigenvalue weighted by atomic mass is 35.5. The van der Waals surface area contributed by atoms with Crippen LogP contribution in [0.1, 0.15) is 12.8 Å². The average molecular weight is 191 g/mol. The van der Waals surface area contributed by atoms with E-state index >= 15 is 0 Å². The topological polar surface area (TPSA) is 32.3 Å². The number of nitrogens with zero attached hydrogens (tertiary/aromatic N) is 1. The van der Waals surface area contributed by atoms with Gasteiger partial charge in [0.05, 0.1) is 0 Å². The second-order valence-corrected chi connectivity index (χ2v) is 3.30. The molecule has 1 rings (SSSR count). The monoisotopic (exact) mass is 190 g/mol. The highest BCUT2D eigenvalue weighted by molar-refractivity contribution is 6.18. The molecule has 0 spiro atoms. The van der Waals surface area contributed by atoms with Crippen molar-refractivity contribution in [3.8, 4) is 0 Å². The van der Waals surface area contributed by atoms with Crippen LogP contribution in [0.4, 0.5) is 0 Å². The van der Waals surface area contributed by atoms with Gasteiger partial charge in [-0.2, -0.15) is 0 Å². The predicted molar refractivity (Wildman–Crippen MR) is 49.4 cm³/mol. The lowest BCUT2D eigenvalue weighted by molar-refractivity contribution is -0.130. The van der Waals surface area contributed by atoms with Gasteiger partial charge in [0.1, 0.15) is 0 Å². The number of carbonyl (C=O) groups excluding carboxylic acids is 1. The third-order valence-corrected chi connectivity index (χ3v) is 2.19. The average Bonchev–Trinajstić information content (AvgIpc) is 2.32. The molecule has 0 atom stereocenters. The van der Waals surface area contributed by atoms with Crippen LogP contribution in [0.15, 0.2) is 0 Å². The van der Waals surface area contributed by atoms with Crippen LogP contribution in [-0.2, 0) is 4.79 Å². The van der Waals surface area contributed by atoms with E-state index in [1.807, 2.05) is 4.90 Å². The number of carbonyl (C=O) groups is 1. The van der Waals surface area contributed by atoms with E-state index in [-0.39, 0.29) is 5.91 Å². The van der Waals surface area contributed by atoms with Gasteiger partial charge in [0, 0.05) is 31.9 Å². The Morgan fingerprint density at radius 3 is 3.00 bits per heavy atom. The lowest BCUT2D eigenvalue weighted by atomic mass is 10.3. The molecule has 3 nitrogen and oxygen atoms in total. The van der Waals surface area contributed by atoms with E-state index in [0.29, 0.717) is 12.3 Å². The number of amides is 1. The van der Waals surface area contributed by atoms with Gasteiger partial charge in [0.2, 0.25) is 5.91 Å². The maximum absolute atomic E-state index is 11.4. The Bertz CT molecular complexity index is 144. The molecule has 4 heteroatoms. The number of rotatable bonds is 2. The van der Waals surface area contributed by atoms with Crippen molar-refractivity contribution in [2.45, 2.75) is 12.8 Å². The minimum absolute atomic E-state index is 0.189. The van der Waals surface area contributed by atoms with E-state index < -0.39 is 0 Å². The normalized spacial score (nSPS) is 18.9. The number of nitrogens with one attached hydrogen (secondary N) is 1. The lowest BCUT2D eigenvalue weighted by Gasteiger charge is -2.19. The molecule has 12 heavy (non-hydrogen) atoms. The fourth-order valence-electron chi connectivity index (χ4n) is 1.33. The summed E-state index contributed by atoms with van der Waals surface area (Å²) < 4.78 is 0. The van der Waals surface area contributed by atoms with Gasteiger partial charge in [-0.25, -0.2) is 0 Å². The van der Waals surface area contributed by atoms with Crippen molar-refractivity contribution in [2.24, 2.45) is 0 Å². The smallest absolute Gasteiger partial charge is 0.223 e. The first-order chi connectivity index (χ1) is 5.84. The van der Waals surface area contributed by atoms with Crippen LogP contribution >= 0.6 is 11.6 Å². The number of hydrogen-bond donors (Lipinski definition) is 1. The van der Waals surface area contributed by atoms with Crippen molar-refractivity contribution in [2.75, 3.05) is 32.1 Å². The molecule has 0 aliphatic carbocycles. The van der Waals surface area contributed by atoms with E-state index in [1.165, 1.54) is 0 Å². The van der Waals surface area contributed by atoms with Gasteiger partial charge in [0.25, 0.3) is 0 Å². The van der Waals surface area contributed by atoms with Crippen molar-refractivity contribution in [3.05, 3.63) is 0 Å². The molecular formula is C8H15ClN2O. The summed E-state index contributed by atoms with van der Waals surface area (Å²) in [5.74, 6) is 0.622. The Morgan fingerprint density at radius 1 is 1.42 bits per heavy atom. The van der Waals surface area contributed by atoms with Gasteiger partial charge in [-0.3, -0.25) is 4.79 Å². The summed E-state index contributed by atoms with van der Waals surface area (Å²) in [6.45, 7) is 3.64. The van der Waals surface area contributed by atoms with E-state index in [1.54, 1.807) is 0 Å². The minimum Gasteiger partial charge on any atom is -0.341 e. The molecular weight excluding hydrogens is 176 g/mol.